The SMILES string of the molecule is CC(C)(C)ONC(=O)C1(C)CN(C(=O)OC(C)(C)C)CCC1NS(=O)(=O)c1ccc(OCc2ccccc2)cc1. The lowest BCUT2D eigenvalue weighted by molar-refractivity contribution is -0.159. The average molecular weight is 576 g/mol. The van der Waals surface area contributed by atoms with E-state index >= 15 is 0 Å². The molecule has 0 radical (unpaired) electrons. The third-order valence-electron chi connectivity index (χ3n) is 6.28. The highest BCUT2D eigenvalue weighted by molar-refractivity contribution is 7.89. The van der Waals surface area contributed by atoms with Crippen LogP contribution in [-0.4, -0.2) is 55.7 Å². The molecule has 0 bridgehead atoms. The molecular weight excluding hydrogens is 534 g/mol. The minimum atomic E-state index is -4.02. The molecule has 40 heavy (non-hydrogen) atoms. The average Bonchev–Trinajstić information content (AvgIpc) is 2.86. The molecule has 1 saturated heterocycles. The highest BCUT2D eigenvalue weighted by Gasteiger charge is 2.49. The van der Waals surface area contributed by atoms with Crippen LogP contribution in [0.15, 0.2) is 59.5 Å². The summed E-state index contributed by atoms with van der Waals surface area (Å²) >= 11 is 0. The number of sulfonamides is 1. The number of rotatable bonds is 8. The molecule has 0 spiro atoms. The molecule has 11 heteroatoms. The molecule has 1 aliphatic rings. The summed E-state index contributed by atoms with van der Waals surface area (Å²) in [6.07, 6.45) is -0.383. The topological polar surface area (TPSA) is 123 Å². The molecule has 2 aromatic rings. The minimum absolute atomic E-state index is 0.0304. The molecule has 0 saturated carbocycles. The van der Waals surface area contributed by atoms with Gasteiger partial charge in [0.2, 0.25) is 10.0 Å². The molecule has 2 N–H and O–H groups in total. The van der Waals surface area contributed by atoms with Crippen LogP contribution in [0.3, 0.4) is 0 Å². The summed E-state index contributed by atoms with van der Waals surface area (Å²) in [5.41, 5.74) is 0.702. The predicted octanol–water partition coefficient (Wildman–Crippen LogP) is 4.41. The molecule has 2 aromatic carbocycles. The Morgan fingerprint density at radius 1 is 0.975 bits per heavy atom. The molecule has 3 rings (SSSR count). The molecule has 220 valence electrons. The van der Waals surface area contributed by atoms with E-state index in [-0.39, 0.29) is 24.4 Å². The van der Waals surface area contributed by atoms with Gasteiger partial charge >= 0.3 is 6.09 Å². The molecule has 2 unspecified atom stereocenters. The lowest BCUT2D eigenvalue weighted by Crippen LogP contribution is -2.63. The van der Waals surface area contributed by atoms with Crippen LogP contribution in [0.2, 0.25) is 0 Å². The first-order valence-electron chi connectivity index (χ1n) is 13.2. The van der Waals surface area contributed by atoms with E-state index in [0.29, 0.717) is 12.4 Å². The molecule has 0 aliphatic carbocycles. The number of hydrogen-bond acceptors (Lipinski definition) is 7. The summed E-state index contributed by atoms with van der Waals surface area (Å²) in [6.45, 7) is 12.7. The number of hydroxylamine groups is 1. The Hall–Kier alpha value is -3.15. The Morgan fingerprint density at radius 3 is 2.17 bits per heavy atom. The van der Waals surface area contributed by atoms with Crippen LogP contribution in [-0.2, 0) is 31.0 Å². The summed E-state index contributed by atoms with van der Waals surface area (Å²) < 4.78 is 40.8. The number of hydrogen-bond donors (Lipinski definition) is 2. The van der Waals surface area contributed by atoms with E-state index in [4.69, 9.17) is 14.3 Å². The zero-order valence-corrected chi connectivity index (χ0v) is 25.1. The van der Waals surface area contributed by atoms with Crippen LogP contribution in [0, 0.1) is 5.41 Å². The van der Waals surface area contributed by atoms with Crippen molar-refractivity contribution in [1.82, 2.24) is 15.1 Å². The van der Waals surface area contributed by atoms with Crippen molar-refractivity contribution in [2.75, 3.05) is 13.1 Å². The molecule has 1 aliphatic heterocycles. The van der Waals surface area contributed by atoms with Gasteiger partial charge in [0, 0.05) is 19.1 Å². The van der Waals surface area contributed by atoms with E-state index in [1.165, 1.54) is 17.0 Å². The van der Waals surface area contributed by atoms with E-state index < -0.39 is 44.7 Å². The number of benzene rings is 2. The number of carbonyl (C=O) groups is 2. The summed E-state index contributed by atoms with van der Waals surface area (Å²) in [7, 11) is -4.02. The first-order valence-corrected chi connectivity index (χ1v) is 14.7. The van der Waals surface area contributed by atoms with Crippen LogP contribution in [0.1, 0.15) is 60.5 Å². The molecule has 0 aromatic heterocycles. The van der Waals surface area contributed by atoms with E-state index in [1.54, 1.807) is 60.6 Å². The van der Waals surface area contributed by atoms with Crippen molar-refractivity contribution in [2.45, 2.75) is 83.6 Å². The van der Waals surface area contributed by atoms with Crippen molar-refractivity contribution < 1.29 is 32.3 Å². The van der Waals surface area contributed by atoms with Crippen molar-refractivity contribution in [1.29, 1.82) is 0 Å². The Balaban J connectivity index is 1.77. The Bertz CT molecular complexity index is 1270. The number of ether oxygens (including phenoxy) is 2. The monoisotopic (exact) mass is 575 g/mol. The fraction of sp³-hybridized carbons (Fsp3) is 0.517. The van der Waals surface area contributed by atoms with Gasteiger partial charge in [0.15, 0.2) is 0 Å². The Labute approximate surface area is 237 Å². The smallest absolute Gasteiger partial charge is 0.410 e. The number of nitrogens with one attached hydrogen (secondary N) is 2. The molecule has 2 atom stereocenters. The van der Waals surface area contributed by atoms with Gasteiger partial charge in [-0.15, -0.1) is 0 Å². The predicted molar refractivity (Wildman–Crippen MR) is 151 cm³/mol. The molecule has 10 nitrogen and oxygen atoms in total. The van der Waals surface area contributed by atoms with Gasteiger partial charge in [-0.05, 0) is 84.7 Å². The van der Waals surface area contributed by atoms with Crippen LogP contribution >= 0.6 is 0 Å². The van der Waals surface area contributed by atoms with Crippen LogP contribution in [0.25, 0.3) is 0 Å². The molecule has 1 fully saturated rings. The number of likely N-dealkylation sites (tertiary alicyclic amines) is 1. The highest BCUT2D eigenvalue weighted by Crippen LogP contribution is 2.33. The maximum absolute atomic E-state index is 13.4. The van der Waals surface area contributed by atoms with Gasteiger partial charge < -0.3 is 14.4 Å². The zero-order valence-electron chi connectivity index (χ0n) is 24.3. The maximum atomic E-state index is 13.4. The van der Waals surface area contributed by atoms with Gasteiger partial charge in [0.05, 0.1) is 15.9 Å². The van der Waals surface area contributed by atoms with Crippen molar-refractivity contribution in [2.24, 2.45) is 5.41 Å². The number of piperidine rings is 1. The summed E-state index contributed by atoms with van der Waals surface area (Å²) in [6, 6.07) is 14.9. The van der Waals surface area contributed by atoms with Crippen molar-refractivity contribution in [3.8, 4) is 5.75 Å². The summed E-state index contributed by atoms with van der Waals surface area (Å²) in [4.78, 5) is 33.2. The second-order valence-electron chi connectivity index (χ2n) is 12.2. The quantitative estimate of drug-likeness (QED) is 0.447. The Morgan fingerprint density at radius 2 is 1.60 bits per heavy atom. The third-order valence-corrected chi connectivity index (χ3v) is 7.76. The van der Waals surface area contributed by atoms with Crippen LogP contribution < -0.4 is 14.9 Å². The van der Waals surface area contributed by atoms with Gasteiger partial charge in [-0.25, -0.2) is 23.4 Å². The normalized spacial score (nSPS) is 20.1. The summed E-state index contributed by atoms with van der Waals surface area (Å²) in [5.74, 6) is -0.0231. The largest absolute Gasteiger partial charge is 0.489 e. The van der Waals surface area contributed by atoms with Gasteiger partial charge in [0.25, 0.3) is 5.91 Å². The van der Waals surface area contributed by atoms with Crippen LogP contribution in [0.5, 0.6) is 5.75 Å². The third kappa shape index (κ3) is 8.67. The molecule has 1 heterocycles. The van der Waals surface area contributed by atoms with E-state index in [9.17, 15) is 18.0 Å². The fourth-order valence-electron chi connectivity index (χ4n) is 4.12. The number of amides is 2. The van der Waals surface area contributed by atoms with Gasteiger partial charge in [0.1, 0.15) is 18.0 Å². The van der Waals surface area contributed by atoms with E-state index in [2.05, 4.69) is 10.2 Å². The standard InChI is InChI=1S/C29H41N3O7S/c1-27(2,3)38-26(34)32-18-17-24(29(7,20-32)25(33)30-39-28(4,5)6)31-40(35,36)23-15-13-22(14-16-23)37-19-21-11-9-8-10-12-21/h8-16,24,31H,17-20H2,1-7H3,(H,30,33). The Kier molecular flexibility index (Phi) is 9.54. The van der Waals surface area contributed by atoms with Gasteiger partial charge in [-0.3, -0.25) is 9.63 Å². The lowest BCUT2D eigenvalue weighted by atomic mass is 9.77. The lowest BCUT2D eigenvalue weighted by Gasteiger charge is -2.45. The second kappa shape index (κ2) is 12.2. The first-order chi connectivity index (χ1) is 18.5. The second-order valence-corrected chi connectivity index (χ2v) is 13.9. The number of carbonyl (C=O) groups excluding carboxylic acids is 2. The van der Waals surface area contributed by atoms with Crippen molar-refractivity contribution in [3.63, 3.8) is 0 Å². The van der Waals surface area contributed by atoms with Crippen molar-refractivity contribution >= 4 is 22.0 Å². The number of nitrogens with zero attached hydrogens (tertiary/aromatic N) is 1. The zero-order chi connectivity index (χ0) is 29.8. The van der Waals surface area contributed by atoms with E-state index in [1.807, 2.05) is 30.3 Å². The highest BCUT2D eigenvalue weighted by atomic mass is 32.2. The van der Waals surface area contributed by atoms with Crippen LogP contribution in [0.4, 0.5) is 4.79 Å². The fourth-order valence-corrected chi connectivity index (χ4v) is 5.50. The minimum Gasteiger partial charge on any atom is -0.489 e. The van der Waals surface area contributed by atoms with Gasteiger partial charge in [-0.2, -0.15) is 0 Å². The van der Waals surface area contributed by atoms with Gasteiger partial charge in [-0.1, -0.05) is 30.3 Å². The molecular formula is C29H41N3O7S. The van der Waals surface area contributed by atoms with E-state index in [0.717, 1.165) is 5.56 Å². The summed E-state index contributed by atoms with van der Waals surface area (Å²) in [5, 5.41) is 0. The maximum Gasteiger partial charge on any atom is 0.410 e. The van der Waals surface area contributed by atoms with Crippen molar-refractivity contribution in [3.05, 3.63) is 60.2 Å². The first kappa shape index (κ1) is 31.4. The molecule has 2 amide bonds.